The summed E-state index contributed by atoms with van der Waals surface area (Å²) in [6.45, 7) is 0. The molecule has 0 aliphatic heterocycles. The van der Waals surface area contributed by atoms with Crippen molar-refractivity contribution in [2.75, 3.05) is 4.90 Å². The van der Waals surface area contributed by atoms with Crippen LogP contribution in [0.3, 0.4) is 0 Å². The first-order chi connectivity index (χ1) is 24.3. The molecule has 0 fully saturated rings. The number of hydrogen-bond donors (Lipinski definition) is 0. The third-order valence-electron chi connectivity index (χ3n) is 9.55. The van der Waals surface area contributed by atoms with Crippen LogP contribution in [0.5, 0.6) is 0 Å². The second-order valence-corrected chi connectivity index (χ2v) is 13.5. The number of nitrogens with zero attached hydrogens (tertiary/aromatic N) is 3. The summed E-state index contributed by atoms with van der Waals surface area (Å²) in [7, 11) is 0. The van der Waals surface area contributed by atoms with E-state index in [1.165, 1.54) is 36.5 Å². The second kappa shape index (κ2) is 11.2. The molecular weight excluding hydrogens is 615 g/mol. The number of fused-ring (bicyclic) bond motifs is 8. The number of benzene rings is 7. The van der Waals surface area contributed by atoms with Crippen LogP contribution in [-0.4, -0.2) is 9.55 Å². The minimum Gasteiger partial charge on any atom is -0.310 e. The topological polar surface area (TPSA) is 21.1 Å². The maximum atomic E-state index is 5.32. The van der Waals surface area contributed by atoms with Crippen molar-refractivity contribution in [1.82, 2.24) is 9.55 Å². The summed E-state index contributed by atoms with van der Waals surface area (Å²) in [6, 6.07) is 63.0. The molecule has 49 heavy (non-hydrogen) atoms. The lowest BCUT2D eigenvalue weighted by Gasteiger charge is -2.26. The lowest BCUT2D eigenvalue weighted by atomic mass is 10.1. The van der Waals surface area contributed by atoms with Gasteiger partial charge < -0.3 is 9.47 Å². The van der Waals surface area contributed by atoms with Gasteiger partial charge in [-0.25, -0.2) is 4.98 Å². The van der Waals surface area contributed by atoms with Crippen LogP contribution >= 0.6 is 11.3 Å². The number of para-hydroxylation sites is 1. The molecule has 0 saturated heterocycles. The summed E-state index contributed by atoms with van der Waals surface area (Å²) in [4.78, 5) is 7.65. The summed E-state index contributed by atoms with van der Waals surface area (Å²) in [6.07, 6.45) is 0. The van der Waals surface area contributed by atoms with Crippen LogP contribution in [0.15, 0.2) is 176 Å². The molecule has 0 unspecified atom stereocenters. The number of rotatable bonds is 5. The van der Waals surface area contributed by atoms with Crippen molar-refractivity contribution in [3.63, 3.8) is 0 Å². The third-order valence-corrected chi connectivity index (χ3v) is 10.7. The van der Waals surface area contributed by atoms with Crippen molar-refractivity contribution in [3.05, 3.63) is 176 Å². The Bertz CT molecular complexity index is 2820. The molecule has 3 nitrogen and oxygen atoms in total. The maximum absolute atomic E-state index is 5.32. The molecule has 4 heteroatoms. The quantitative estimate of drug-likeness (QED) is 0.186. The molecule has 3 aromatic heterocycles. The van der Waals surface area contributed by atoms with Gasteiger partial charge in [0.25, 0.3) is 0 Å². The highest BCUT2D eigenvalue weighted by Crippen LogP contribution is 2.44. The summed E-state index contributed by atoms with van der Waals surface area (Å²) >= 11 is 1.85. The fourth-order valence-electron chi connectivity index (χ4n) is 7.30. The Balaban J connectivity index is 1.20. The van der Waals surface area contributed by atoms with E-state index in [4.69, 9.17) is 4.98 Å². The van der Waals surface area contributed by atoms with E-state index in [9.17, 15) is 0 Å². The van der Waals surface area contributed by atoms with Gasteiger partial charge in [-0.05, 0) is 89.6 Å². The molecule has 230 valence electrons. The van der Waals surface area contributed by atoms with Gasteiger partial charge >= 0.3 is 0 Å². The molecule has 0 atom stereocenters. The molecule has 0 amide bonds. The van der Waals surface area contributed by atoms with Crippen molar-refractivity contribution < 1.29 is 0 Å². The Hall–Kier alpha value is -6.23. The van der Waals surface area contributed by atoms with Crippen LogP contribution in [0.25, 0.3) is 69.8 Å². The van der Waals surface area contributed by atoms with Gasteiger partial charge in [0, 0.05) is 53.9 Å². The number of thiophene rings is 1. The fourth-order valence-corrected chi connectivity index (χ4v) is 8.41. The van der Waals surface area contributed by atoms with Crippen LogP contribution in [0.2, 0.25) is 0 Å². The Kier molecular flexibility index (Phi) is 6.36. The number of aromatic nitrogens is 2. The first-order valence-electron chi connectivity index (χ1n) is 16.6. The average molecular weight is 644 g/mol. The first kappa shape index (κ1) is 27.8. The predicted molar refractivity (Wildman–Crippen MR) is 209 cm³/mol. The Morgan fingerprint density at radius 3 is 2.02 bits per heavy atom. The van der Waals surface area contributed by atoms with E-state index in [0.717, 1.165) is 50.4 Å². The summed E-state index contributed by atoms with van der Waals surface area (Å²) in [5.41, 5.74) is 9.85. The van der Waals surface area contributed by atoms with Gasteiger partial charge in [0.2, 0.25) is 0 Å². The number of anilines is 3. The molecule has 10 rings (SSSR count). The number of pyridine rings is 1. The van der Waals surface area contributed by atoms with Crippen LogP contribution in [0, 0.1) is 0 Å². The molecule has 0 aliphatic carbocycles. The summed E-state index contributed by atoms with van der Waals surface area (Å²) < 4.78 is 4.99. The molecule has 0 N–H and O–H groups in total. The van der Waals surface area contributed by atoms with E-state index in [1.807, 2.05) is 11.3 Å². The summed E-state index contributed by atoms with van der Waals surface area (Å²) in [5, 5.41) is 6.18. The minimum absolute atomic E-state index is 0.978. The second-order valence-electron chi connectivity index (χ2n) is 12.4. The third kappa shape index (κ3) is 4.53. The monoisotopic (exact) mass is 643 g/mol. The molecular formula is C45H29N3S. The Morgan fingerprint density at radius 2 is 1.18 bits per heavy atom. The van der Waals surface area contributed by atoms with E-state index in [1.54, 1.807) is 0 Å². The Morgan fingerprint density at radius 1 is 0.490 bits per heavy atom. The highest BCUT2D eigenvalue weighted by atomic mass is 32.1. The molecule has 0 spiro atoms. The van der Waals surface area contributed by atoms with Gasteiger partial charge in [-0.1, -0.05) is 97.1 Å². The van der Waals surface area contributed by atoms with Gasteiger partial charge in [0.15, 0.2) is 0 Å². The normalized spacial score (nSPS) is 11.7. The molecule has 3 heterocycles. The largest absolute Gasteiger partial charge is 0.310 e. The van der Waals surface area contributed by atoms with Crippen molar-refractivity contribution in [2.24, 2.45) is 0 Å². The molecule has 0 aliphatic rings. The smallest absolute Gasteiger partial charge is 0.0971 e. The zero-order valence-electron chi connectivity index (χ0n) is 26.5. The standard InChI is InChI=1S/C45H29N3S/c1-3-12-31(13-4-1)39-26-27-40-44(46-39)38-25-28-42-43(37-17-9-10-18-41(37)49-42)45(38)48(40)35-23-21-34(22-24-35)47(33-15-5-2-6-16-33)36-20-19-30-11-7-8-14-32(30)29-36/h1-29H. The van der Waals surface area contributed by atoms with Crippen molar-refractivity contribution >= 4 is 81.3 Å². The maximum Gasteiger partial charge on any atom is 0.0971 e. The first-order valence-corrected chi connectivity index (χ1v) is 17.4. The highest BCUT2D eigenvalue weighted by molar-refractivity contribution is 7.26. The van der Waals surface area contributed by atoms with E-state index >= 15 is 0 Å². The minimum atomic E-state index is 0.978. The van der Waals surface area contributed by atoms with Crippen LogP contribution < -0.4 is 4.90 Å². The molecule has 7 aromatic carbocycles. The molecule has 0 saturated carbocycles. The average Bonchev–Trinajstić information content (AvgIpc) is 3.71. The zero-order chi connectivity index (χ0) is 32.3. The van der Waals surface area contributed by atoms with E-state index < -0.39 is 0 Å². The fraction of sp³-hybridized carbons (Fsp3) is 0. The van der Waals surface area contributed by atoms with E-state index in [-0.39, 0.29) is 0 Å². The molecule has 0 bridgehead atoms. The SMILES string of the molecule is c1ccc(-c2ccc3c(n2)c2ccc4sc5ccccc5c4c2n3-c2ccc(N(c3ccccc3)c3ccc4ccccc4c3)cc2)cc1. The van der Waals surface area contributed by atoms with E-state index in [0.29, 0.717) is 0 Å². The van der Waals surface area contributed by atoms with Gasteiger partial charge in [-0.3, -0.25) is 0 Å². The Labute approximate surface area is 287 Å². The van der Waals surface area contributed by atoms with Crippen LogP contribution in [-0.2, 0) is 0 Å². The van der Waals surface area contributed by atoms with Crippen LogP contribution in [0.4, 0.5) is 17.1 Å². The van der Waals surface area contributed by atoms with Gasteiger partial charge in [-0.2, -0.15) is 0 Å². The zero-order valence-corrected chi connectivity index (χ0v) is 27.3. The van der Waals surface area contributed by atoms with Crippen LogP contribution in [0.1, 0.15) is 0 Å². The lowest BCUT2D eigenvalue weighted by molar-refractivity contribution is 1.18. The van der Waals surface area contributed by atoms with Crippen molar-refractivity contribution in [3.8, 4) is 16.9 Å². The van der Waals surface area contributed by atoms with E-state index in [2.05, 4.69) is 185 Å². The predicted octanol–water partition coefficient (Wildman–Crippen LogP) is 12.8. The highest BCUT2D eigenvalue weighted by Gasteiger charge is 2.20. The number of hydrogen-bond acceptors (Lipinski definition) is 3. The van der Waals surface area contributed by atoms with Gasteiger partial charge in [-0.15, -0.1) is 11.3 Å². The molecule has 10 aromatic rings. The molecule has 0 radical (unpaired) electrons. The summed E-state index contributed by atoms with van der Waals surface area (Å²) in [5.74, 6) is 0. The van der Waals surface area contributed by atoms with Gasteiger partial charge in [0.1, 0.15) is 0 Å². The van der Waals surface area contributed by atoms with Crippen molar-refractivity contribution in [2.45, 2.75) is 0 Å². The lowest BCUT2D eigenvalue weighted by Crippen LogP contribution is -2.10. The van der Waals surface area contributed by atoms with Crippen molar-refractivity contribution in [1.29, 1.82) is 0 Å². The van der Waals surface area contributed by atoms with Gasteiger partial charge in [0.05, 0.1) is 22.2 Å².